The van der Waals surface area contributed by atoms with Gasteiger partial charge < -0.3 is 10.1 Å². The van der Waals surface area contributed by atoms with Crippen molar-refractivity contribution in [3.05, 3.63) is 64.7 Å². The SMILES string of the molecule is S=C1Nc2ccc(Cl)cc2C(c2ccccc2)O1. The normalized spacial score (nSPS) is 17.6. The van der Waals surface area contributed by atoms with Crippen LogP contribution in [0.2, 0.25) is 5.02 Å². The van der Waals surface area contributed by atoms with Crippen molar-refractivity contribution in [1.82, 2.24) is 0 Å². The molecular formula is C14H10ClNOS. The number of anilines is 1. The molecule has 0 saturated carbocycles. The standard InChI is InChI=1S/C14H10ClNOS/c15-10-6-7-12-11(8-10)13(17-14(18)16-12)9-4-2-1-3-5-9/h1-8,13H,(H,16,18). The fraction of sp³-hybridized carbons (Fsp3) is 0.0714. The van der Waals surface area contributed by atoms with Gasteiger partial charge >= 0.3 is 0 Å². The van der Waals surface area contributed by atoms with Gasteiger partial charge in [-0.2, -0.15) is 0 Å². The first-order valence-electron chi connectivity index (χ1n) is 5.56. The first-order chi connectivity index (χ1) is 8.74. The van der Waals surface area contributed by atoms with E-state index in [-0.39, 0.29) is 6.10 Å². The minimum Gasteiger partial charge on any atom is -0.458 e. The average molecular weight is 276 g/mol. The summed E-state index contributed by atoms with van der Waals surface area (Å²) in [6.07, 6.45) is -0.200. The van der Waals surface area contributed by atoms with E-state index in [9.17, 15) is 0 Å². The molecule has 1 unspecified atom stereocenters. The van der Waals surface area contributed by atoms with Crippen LogP contribution in [0.3, 0.4) is 0 Å². The molecule has 2 aromatic rings. The third-order valence-electron chi connectivity index (χ3n) is 2.86. The first-order valence-corrected chi connectivity index (χ1v) is 6.35. The molecule has 4 heteroatoms. The second-order valence-corrected chi connectivity index (χ2v) is 4.86. The van der Waals surface area contributed by atoms with Crippen molar-refractivity contribution in [3.8, 4) is 0 Å². The summed E-state index contributed by atoms with van der Waals surface area (Å²) < 4.78 is 5.72. The Morgan fingerprint density at radius 1 is 1.11 bits per heavy atom. The maximum Gasteiger partial charge on any atom is 0.262 e. The summed E-state index contributed by atoms with van der Waals surface area (Å²) in [4.78, 5) is 0. The van der Waals surface area contributed by atoms with Crippen molar-refractivity contribution >= 4 is 34.7 Å². The highest BCUT2D eigenvalue weighted by atomic mass is 35.5. The van der Waals surface area contributed by atoms with Crippen LogP contribution < -0.4 is 5.32 Å². The van der Waals surface area contributed by atoms with E-state index in [1.807, 2.05) is 48.5 Å². The van der Waals surface area contributed by atoms with Crippen molar-refractivity contribution in [2.75, 3.05) is 5.32 Å². The lowest BCUT2D eigenvalue weighted by atomic mass is 9.99. The van der Waals surface area contributed by atoms with E-state index in [0.717, 1.165) is 16.8 Å². The number of fused-ring (bicyclic) bond motifs is 1. The van der Waals surface area contributed by atoms with Gasteiger partial charge in [-0.3, -0.25) is 0 Å². The maximum atomic E-state index is 6.05. The molecule has 1 N–H and O–H groups in total. The van der Waals surface area contributed by atoms with Crippen molar-refractivity contribution in [2.24, 2.45) is 0 Å². The Morgan fingerprint density at radius 3 is 2.67 bits per heavy atom. The van der Waals surface area contributed by atoms with Crippen LogP contribution in [0.1, 0.15) is 17.2 Å². The Balaban J connectivity index is 2.12. The predicted octanol–water partition coefficient (Wildman–Crippen LogP) is 4.16. The molecule has 0 spiro atoms. The first kappa shape index (κ1) is 11.5. The summed E-state index contributed by atoms with van der Waals surface area (Å²) in [5, 5.41) is 4.11. The molecule has 0 saturated heterocycles. The summed E-state index contributed by atoms with van der Waals surface area (Å²) in [5.41, 5.74) is 3.01. The molecule has 1 aliphatic rings. The summed E-state index contributed by atoms with van der Waals surface area (Å²) in [6.45, 7) is 0. The molecule has 1 aliphatic heterocycles. The lowest BCUT2D eigenvalue weighted by Crippen LogP contribution is -2.24. The van der Waals surface area contributed by atoms with E-state index in [1.54, 1.807) is 0 Å². The second kappa shape index (κ2) is 4.59. The minimum atomic E-state index is -0.200. The van der Waals surface area contributed by atoms with Crippen LogP contribution in [0.4, 0.5) is 5.69 Å². The van der Waals surface area contributed by atoms with Crippen molar-refractivity contribution in [2.45, 2.75) is 6.10 Å². The Hall–Kier alpha value is -1.58. The van der Waals surface area contributed by atoms with Crippen LogP contribution in [0.15, 0.2) is 48.5 Å². The number of nitrogens with one attached hydrogen (secondary N) is 1. The van der Waals surface area contributed by atoms with Crippen molar-refractivity contribution in [3.63, 3.8) is 0 Å². The van der Waals surface area contributed by atoms with E-state index in [4.69, 9.17) is 28.6 Å². The molecule has 1 atom stereocenters. The molecule has 1 heterocycles. The number of rotatable bonds is 1. The van der Waals surface area contributed by atoms with Crippen molar-refractivity contribution in [1.29, 1.82) is 0 Å². The lowest BCUT2D eigenvalue weighted by Gasteiger charge is -2.28. The summed E-state index contributed by atoms with van der Waals surface area (Å²) in [6, 6.07) is 15.6. The van der Waals surface area contributed by atoms with Crippen LogP contribution in [-0.4, -0.2) is 5.17 Å². The summed E-state index contributed by atoms with van der Waals surface area (Å²) in [5.74, 6) is 0. The Labute approximate surface area is 116 Å². The Kier molecular flexibility index (Phi) is 2.94. The zero-order valence-electron chi connectivity index (χ0n) is 9.39. The van der Waals surface area contributed by atoms with Gasteiger partial charge in [0.1, 0.15) is 0 Å². The molecule has 2 nitrogen and oxygen atoms in total. The smallest absolute Gasteiger partial charge is 0.262 e. The fourth-order valence-electron chi connectivity index (χ4n) is 2.05. The second-order valence-electron chi connectivity index (χ2n) is 4.05. The predicted molar refractivity (Wildman–Crippen MR) is 77.0 cm³/mol. The number of benzene rings is 2. The van der Waals surface area contributed by atoms with Gasteiger partial charge in [0.25, 0.3) is 5.17 Å². The summed E-state index contributed by atoms with van der Waals surface area (Å²) >= 11 is 11.2. The number of halogens is 1. The van der Waals surface area contributed by atoms with E-state index in [2.05, 4.69) is 5.32 Å². The third-order valence-corrected chi connectivity index (χ3v) is 3.29. The zero-order chi connectivity index (χ0) is 12.5. The molecule has 0 radical (unpaired) electrons. The van der Waals surface area contributed by atoms with E-state index in [1.165, 1.54) is 0 Å². The minimum absolute atomic E-state index is 0.200. The average Bonchev–Trinajstić information content (AvgIpc) is 2.39. The van der Waals surface area contributed by atoms with Gasteiger partial charge in [0.15, 0.2) is 6.10 Å². The number of hydrogen-bond acceptors (Lipinski definition) is 2. The molecule has 18 heavy (non-hydrogen) atoms. The van der Waals surface area contributed by atoms with Gasteiger partial charge in [-0.15, -0.1) is 0 Å². The molecule has 0 fully saturated rings. The summed E-state index contributed by atoms with van der Waals surface area (Å²) in [7, 11) is 0. The monoisotopic (exact) mass is 275 g/mol. The lowest BCUT2D eigenvalue weighted by molar-refractivity contribution is 0.234. The van der Waals surface area contributed by atoms with Gasteiger partial charge in [0.05, 0.1) is 0 Å². The molecule has 0 aromatic heterocycles. The molecule has 0 amide bonds. The Bertz CT molecular complexity index is 600. The number of hydrogen-bond donors (Lipinski definition) is 1. The Morgan fingerprint density at radius 2 is 1.89 bits per heavy atom. The quantitative estimate of drug-likeness (QED) is 0.790. The highest BCUT2D eigenvalue weighted by Crippen LogP contribution is 2.36. The van der Waals surface area contributed by atoms with Gasteiger partial charge in [0, 0.05) is 16.3 Å². The van der Waals surface area contributed by atoms with Crippen molar-refractivity contribution < 1.29 is 4.74 Å². The van der Waals surface area contributed by atoms with E-state index in [0.29, 0.717) is 10.2 Å². The van der Waals surface area contributed by atoms with Crippen LogP contribution in [-0.2, 0) is 4.74 Å². The highest BCUT2D eigenvalue weighted by molar-refractivity contribution is 7.80. The molecule has 2 aromatic carbocycles. The third kappa shape index (κ3) is 2.07. The van der Waals surface area contributed by atoms with Crippen LogP contribution in [0, 0.1) is 0 Å². The fourth-order valence-corrected chi connectivity index (χ4v) is 2.44. The van der Waals surface area contributed by atoms with E-state index < -0.39 is 0 Å². The zero-order valence-corrected chi connectivity index (χ0v) is 11.0. The molecule has 0 bridgehead atoms. The molecule has 3 rings (SSSR count). The molecule has 0 aliphatic carbocycles. The number of ether oxygens (including phenoxy) is 1. The van der Waals surface area contributed by atoms with Crippen LogP contribution in [0.5, 0.6) is 0 Å². The highest BCUT2D eigenvalue weighted by Gasteiger charge is 2.25. The van der Waals surface area contributed by atoms with Gasteiger partial charge in [-0.05, 0) is 36.0 Å². The van der Waals surface area contributed by atoms with Gasteiger partial charge in [-0.1, -0.05) is 41.9 Å². The number of thiocarbonyl (C=S) groups is 1. The van der Waals surface area contributed by atoms with Gasteiger partial charge in [0.2, 0.25) is 0 Å². The van der Waals surface area contributed by atoms with Crippen LogP contribution in [0.25, 0.3) is 0 Å². The van der Waals surface area contributed by atoms with Gasteiger partial charge in [-0.25, -0.2) is 0 Å². The molecule has 90 valence electrons. The van der Waals surface area contributed by atoms with E-state index >= 15 is 0 Å². The van der Waals surface area contributed by atoms with Crippen LogP contribution >= 0.6 is 23.8 Å². The topological polar surface area (TPSA) is 21.3 Å². The largest absolute Gasteiger partial charge is 0.458 e. The molecular weight excluding hydrogens is 266 g/mol. The maximum absolute atomic E-state index is 6.05.